The summed E-state index contributed by atoms with van der Waals surface area (Å²) in [5, 5.41) is 46.4. The van der Waals surface area contributed by atoms with Crippen molar-refractivity contribution in [3.8, 4) is 0 Å². The molecule has 3 aromatic heterocycles. The minimum absolute atomic E-state index is 0. The average Bonchev–Trinajstić information content (AvgIpc) is 3.58. The second-order valence-electron chi connectivity index (χ2n) is 12.2. The number of carbonyl (C=O) groups is 6. The fourth-order valence-electron chi connectivity index (χ4n) is 6.07. The van der Waals surface area contributed by atoms with Crippen LogP contribution in [0.3, 0.4) is 0 Å². The maximum atomic E-state index is 13.8. The Balaban J connectivity index is 0.00000541. The Kier molecular flexibility index (Phi) is 9.85. The van der Waals surface area contributed by atoms with Crippen molar-refractivity contribution < 1.29 is 72.0 Å². The molecule has 0 spiro atoms. The minimum Gasteiger partial charge on any atom is -0.657 e. The molecule has 14 nitrogen and oxygen atoms in total. The summed E-state index contributed by atoms with van der Waals surface area (Å²) in [5.74, 6) is -7.43. The third-order valence-corrected chi connectivity index (χ3v) is 8.83. The Labute approximate surface area is 294 Å². The summed E-state index contributed by atoms with van der Waals surface area (Å²) >= 11 is 0. The van der Waals surface area contributed by atoms with Gasteiger partial charge in [0.25, 0.3) is 0 Å². The molecule has 254 valence electrons. The molecule has 0 aliphatic carbocycles. The van der Waals surface area contributed by atoms with E-state index in [9.17, 15) is 49.2 Å². The van der Waals surface area contributed by atoms with Gasteiger partial charge >= 0.3 is 22.8 Å². The van der Waals surface area contributed by atoms with Crippen molar-refractivity contribution >= 4 is 63.6 Å². The number of nitrogens with zero attached hydrogens (tertiary/aromatic N) is 4. The second kappa shape index (κ2) is 13.2. The maximum absolute atomic E-state index is 13.8. The molecule has 0 saturated heterocycles. The number of aliphatic carboxylic acids is 4. The van der Waals surface area contributed by atoms with Crippen LogP contribution in [0.2, 0.25) is 0 Å². The van der Waals surface area contributed by atoms with Crippen molar-refractivity contribution in [1.82, 2.24) is 19.9 Å². The molecule has 5 heterocycles. The summed E-state index contributed by atoms with van der Waals surface area (Å²) in [6, 6.07) is 5.32. The van der Waals surface area contributed by atoms with Crippen LogP contribution in [0, 0.1) is 13.8 Å². The van der Waals surface area contributed by atoms with Gasteiger partial charge in [-0.2, -0.15) is 0 Å². The van der Waals surface area contributed by atoms with Crippen LogP contribution < -0.4 is 30.4 Å². The molecule has 0 N–H and O–H groups in total. The number of hydrogen-bond acceptors (Lipinski definition) is 12. The molecule has 2 aliphatic heterocycles. The van der Waals surface area contributed by atoms with E-state index in [0.29, 0.717) is 22.3 Å². The molecule has 2 atom stereocenters. The molecule has 0 fully saturated rings. The number of aryl methyl sites for hydroxylation is 3. The van der Waals surface area contributed by atoms with Gasteiger partial charge in [0.05, 0.1) is 28.2 Å². The fraction of sp³-hybridized carbons (Fsp3) is 0.294. The van der Waals surface area contributed by atoms with Gasteiger partial charge < -0.3 is 49.6 Å². The largest absolute Gasteiger partial charge is 2.00 e. The van der Waals surface area contributed by atoms with E-state index in [4.69, 9.17) is 0 Å². The molecule has 0 radical (unpaired) electrons. The van der Waals surface area contributed by atoms with Gasteiger partial charge in [0, 0.05) is 30.7 Å². The zero-order valence-electron chi connectivity index (χ0n) is 30.5. The molecule has 2 aliphatic rings. The van der Waals surface area contributed by atoms with Gasteiger partial charge in [0.1, 0.15) is 11.4 Å². The first kappa shape index (κ1) is 36.4. The Bertz CT molecular complexity index is 2190. The molecule has 15 heteroatoms. The van der Waals surface area contributed by atoms with Gasteiger partial charge in [-0.15, -0.1) is 22.1 Å². The number of rotatable bonds is 9. The zero-order valence-corrected chi connectivity index (χ0v) is 27.6. The molecule has 0 saturated carbocycles. The molecule has 0 aromatic carbocycles. The van der Waals surface area contributed by atoms with E-state index in [-0.39, 0.29) is 80.5 Å². The summed E-state index contributed by atoms with van der Waals surface area (Å²) < 4.78 is 0. The zero-order chi connectivity index (χ0) is 35.3. The van der Waals surface area contributed by atoms with Crippen LogP contribution in [0.5, 0.6) is 0 Å². The van der Waals surface area contributed by atoms with Gasteiger partial charge in [0.15, 0.2) is 11.6 Å². The van der Waals surface area contributed by atoms with E-state index in [1.807, 2.05) is 0 Å². The van der Waals surface area contributed by atoms with Crippen LogP contribution in [-0.4, -0.2) is 45.4 Å². The van der Waals surface area contributed by atoms with E-state index in [1.54, 1.807) is 13.8 Å². The normalized spacial score (nSPS) is 18.8. The molecule has 5 rings (SSSR count). The molecular weight excluding hydrogens is 680 g/mol. The van der Waals surface area contributed by atoms with Gasteiger partial charge in [-0.25, -0.2) is 9.97 Å². The minimum atomic E-state index is -1.80. The first-order valence-corrected chi connectivity index (χ1v) is 14.7. The van der Waals surface area contributed by atoms with E-state index in [0.717, 1.165) is 12.1 Å². The molecule has 8 bridgehead atoms. The van der Waals surface area contributed by atoms with Crippen LogP contribution in [0.4, 0.5) is 0 Å². The third kappa shape index (κ3) is 6.67. The Hall–Kier alpha value is -5.40. The Morgan fingerprint density at radius 3 is 1.78 bits per heavy atom. The Morgan fingerprint density at radius 2 is 1.24 bits per heavy atom. The standard InChI is InChI=1S/C34H32N4O10.Fe/c1-15-17(5-7-27(39)40)21-10-22-18(6-8-28(41)42)16(2)20(36-22)11-25-33(3,13-29(43)44)32(48)24(38-25)12-26-34(4,14-30(45)46)31(47)23(37-26)9-19(15)35-21;/h6,8-12H,5,7,13-14H2,1-4H3,(H6,35,36,37,38,39,40,41,42,43,44,45,46,47,48);/q;+2/p-2/b8-6+;. The predicted octanol–water partition coefficient (Wildman–Crippen LogP) is -1.36. The van der Waals surface area contributed by atoms with Crippen LogP contribution in [0.1, 0.15) is 93.4 Å². The summed E-state index contributed by atoms with van der Waals surface area (Å²) in [6.07, 6.45) is 0.0268. The van der Waals surface area contributed by atoms with E-state index < -0.39 is 59.1 Å². The Morgan fingerprint density at radius 1 is 0.735 bits per heavy atom. The third-order valence-electron chi connectivity index (χ3n) is 8.83. The van der Waals surface area contributed by atoms with Crippen LogP contribution in [-0.2, 0) is 53.5 Å². The number of carbonyl (C=O) groups excluding carboxylic acids is 6. The molecule has 0 amide bonds. The van der Waals surface area contributed by atoms with Crippen molar-refractivity contribution in [2.45, 2.75) is 64.2 Å². The van der Waals surface area contributed by atoms with Gasteiger partial charge in [-0.1, -0.05) is 34.9 Å². The first-order valence-electron chi connectivity index (χ1n) is 14.7. The SMILES string of the molecule is Cc1c(/C=C/C(=O)[O-])c2cc3[n-]c(cc4nc(cc5nc(cc1[n-]2)C(C)(CC(=O)[O-])C5=O)C(C)(CC(=O)[O-])C4=O)c(C)c3CCC(=O)[O-].[Fe+2].[H+].[H+].[H+].[H+]. The fourth-order valence-corrected chi connectivity index (χ4v) is 6.07. The number of Topliss-reactive ketones (excluding diaryl/α,β-unsaturated/α-hetero) is 2. The van der Waals surface area contributed by atoms with Crippen molar-refractivity contribution in [2.24, 2.45) is 0 Å². The monoisotopic (exact) mass is 710 g/mol. The van der Waals surface area contributed by atoms with Crippen molar-refractivity contribution in [3.63, 3.8) is 0 Å². The summed E-state index contributed by atoms with van der Waals surface area (Å²) in [4.78, 5) is 92.0. The van der Waals surface area contributed by atoms with Crippen LogP contribution >= 0.6 is 0 Å². The van der Waals surface area contributed by atoms with Crippen LogP contribution in [0.25, 0.3) is 28.1 Å². The van der Waals surface area contributed by atoms with E-state index in [2.05, 4.69) is 19.9 Å². The average molecular weight is 710 g/mol. The summed E-state index contributed by atoms with van der Waals surface area (Å²) in [6.45, 7) is 5.92. The van der Waals surface area contributed by atoms with Gasteiger partial charge in [0.2, 0.25) is 0 Å². The van der Waals surface area contributed by atoms with E-state index >= 15 is 0 Å². The molecule has 3 aromatic rings. The quantitative estimate of drug-likeness (QED) is 0.184. The van der Waals surface area contributed by atoms with Crippen molar-refractivity contribution in [3.05, 3.63) is 75.4 Å². The smallest absolute Gasteiger partial charge is 0.657 e. The number of ketones is 2. The number of hydrogen-bond donors (Lipinski definition) is 0. The second-order valence-corrected chi connectivity index (χ2v) is 12.2. The van der Waals surface area contributed by atoms with Gasteiger partial charge in [-0.05, 0) is 64.3 Å². The van der Waals surface area contributed by atoms with Gasteiger partial charge in [-0.3, -0.25) is 9.59 Å². The summed E-state index contributed by atoms with van der Waals surface area (Å²) in [7, 11) is 0. The number of carboxylic acids is 4. The van der Waals surface area contributed by atoms with Crippen LogP contribution in [0.15, 0.2) is 30.3 Å². The molecule has 49 heavy (non-hydrogen) atoms. The van der Waals surface area contributed by atoms with Crippen molar-refractivity contribution in [1.29, 1.82) is 0 Å². The molecule has 2 unspecified atom stereocenters. The predicted molar refractivity (Wildman–Crippen MR) is 163 cm³/mol. The number of aromatic nitrogens is 4. The first-order chi connectivity index (χ1) is 22.4. The van der Waals surface area contributed by atoms with Crippen molar-refractivity contribution in [2.75, 3.05) is 0 Å². The topological polar surface area (TPSA) is 249 Å². The number of fused-ring (bicyclic) bond motifs is 8. The molecular formula is C34H30FeN4O10. The van der Waals surface area contributed by atoms with E-state index in [1.165, 1.54) is 38.1 Å². The maximum Gasteiger partial charge on any atom is 2.00 e. The number of carboxylic acid groups (broad SMARTS) is 4. The summed E-state index contributed by atoms with van der Waals surface area (Å²) in [5.41, 5.74) is -1.76.